The van der Waals surface area contributed by atoms with Crippen molar-refractivity contribution >= 4 is 27.9 Å². The van der Waals surface area contributed by atoms with Crippen LogP contribution in [0.3, 0.4) is 0 Å². The van der Waals surface area contributed by atoms with E-state index in [4.69, 9.17) is 0 Å². The van der Waals surface area contributed by atoms with E-state index in [1.54, 1.807) is 0 Å². The topological polar surface area (TPSA) is 49.4 Å². The quantitative estimate of drug-likeness (QED) is 0.599. The number of urea groups is 1. The Hall–Kier alpha value is -0.580. The maximum atomic E-state index is 11.4. The predicted octanol–water partition coefficient (Wildman–Crippen LogP) is 1.10. The van der Waals surface area contributed by atoms with E-state index >= 15 is 0 Å². The summed E-state index contributed by atoms with van der Waals surface area (Å²) >= 11 is 3.29. The van der Waals surface area contributed by atoms with Crippen LogP contribution in [0.25, 0.3) is 0 Å². The maximum Gasteiger partial charge on any atom is 0.324 e. The van der Waals surface area contributed by atoms with E-state index in [9.17, 15) is 9.59 Å². The third kappa shape index (κ3) is 2.99. The molecule has 74 valence electrons. The largest absolute Gasteiger partial charge is 0.336 e. The Morgan fingerprint density at radius 2 is 2.31 bits per heavy atom. The Morgan fingerprint density at radius 3 is 2.85 bits per heavy atom. The normalized spacial score (nSPS) is 16.1. The van der Waals surface area contributed by atoms with Crippen molar-refractivity contribution in [2.45, 2.75) is 19.3 Å². The standard InChI is InChI=1S/C8H13BrN2O2/c9-4-2-1-3-7(12)11-6-5-10-8(11)13/h1-6H2,(H,10,13). The number of nitrogens with zero attached hydrogens (tertiary/aromatic N) is 1. The van der Waals surface area contributed by atoms with Crippen molar-refractivity contribution in [2.24, 2.45) is 0 Å². The number of nitrogens with one attached hydrogen (secondary N) is 1. The summed E-state index contributed by atoms with van der Waals surface area (Å²) in [5.74, 6) is -0.0593. The molecule has 0 aliphatic carbocycles. The molecule has 0 aromatic rings. The highest BCUT2D eigenvalue weighted by atomic mass is 79.9. The molecular weight excluding hydrogens is 236 g/mol. The lowest BCUT2D eigenvalue weighted by atomic mass is 10.2. The number of carbonyl (C=O) groups is 2. The first-order valence-electron chi connectivity index (χ1n) is 4.40. The van der Waals surface area contributed by atoms with Crippen LogP contribution < -0.4 is 5.32 Å². The van der Waals surface area contributed by atoms with Gasteiger partial charge in [0, 0.05) is 24.8 Å². The molecule has 0 saturated carbocycles. The van der Waals surface area contributed by atoms with Gasteiger partial charge in [-0.25, -0.2) is 4.79 Å². The third-order valence-corrected chi connectivity index (χ3v) is 2.49. The lowest BCUT2D eigenvalue weighted by Gasteiger charge is -2.11. The zero-order chi connectivity index (χ0) is 9.68. The molecule has 1 fully saturated rings. The van der Waals surface area contributed by atoms with Crippen molar-refractivity contribution in [3.8, 4) is 0 Å². The predicted molar refractivity (Wildman–Crippen MR) is 52.8 cm³/mol. The minimum absolute atomic E-state index is 0.0593. The molecule has 0 aromatic carbocycles. The first-order chi connectivity index (χ1) is 6.25. The number of hydrogen-bond acceptors (Lipinski definition) is 2. The smallest absolute Gasteiger partial charge is 0.324 e. The van der Waals surface area contributed by atoms with Crippen molar-refractivity contribution in [3.63, 3.8) is 0 Å². The Morgan fingerprint density at radius 1 is 1.54 bits per heavy atom. The molecule has 0 spiro atoms. The van der Waals surface area contributed by atoms with Gasteiger partial charge < -0.3 is 5.32 Å². The molecule has 1 rings (SSSR count). The summed E-state index contributed by atoms with van der Waals surface area (Å²) in [6.07, 6.45) is 2.29. The van der Waals surface area contributed by atoms with E-state index < -0.39 is 0 Å². The Balaban J connectivity index is 2.26. The van der Waals surface area contributed by atoms with E-state index in [2.05, 4.69) is 21.2 Å². The minimum Gasteiger partial charge on any atom is -0.336 e. The highest BCUT2D eigenvalue weighted by Gasteiger charge is 2.24. The number of halogens is 1. The van der Waals surface area contributed by atoms with Gasteiger partial charge in [0.15, 0.2) is 0 Å². The van der Waals surface area contributed by atoms with Crippen molar-refractivity contribution in [2.75, 3.05) is 18.4 Å². The lowest BCUT2D eigenvalue weighted by molar-refractivity contribution is -0.127. The molecule has 1 aliphatic heterocycles. The molecule has 13 heavy (non-hydrogen) atoms. The van der Waals surface area contributed by atoms with Crippen LogP contribution in [0, 0.1) is 0 Å². The third-order valence-electron chi connectivity index (χ3n) is 1.93. The van der Waals surface area contributed by atoms with Gasteiger partial charge in [0.2, 0.25) is 5.91 Å². The number of hydrogen-bond donors (Lipinski definition) is 1. The van der Waals surface area contributed by atoms with Crippen LogP contribution >= 0.6 is 15.9 Å². The molecule has 0 atom stereocenters. The molecule has 0 bridgehead atoms. The fourth-order valence-corrected chi connectivity index (χ4v) is 1.61. The summed E-state index contributed by atoms with van der Waals surface area (Å²) < 4.78 is 0. The summed E-state index contributed by atoms with van der Waals surface area (Å²) in [5, 5.41) is 3.51. The van der Waals surface area contributed by atoms with Crippen molar-refractivity contribution in [1.29, 1.82) is 0 Å². The number of rotatable bonds is 4. The number of amides is 3. The first-order valence-corrected chi connectivity index (χ1v) is 5.52. The molecule has 4 nitrogen and oxygen atoms in total. The zero-order valence-corrected chi connectivity index (χ0v) is 8.97. The summed E-state index contributed by atoms with van der Waals surface area (Å²) in [7, 11) is 0. The van der Waals surface area contributed by atoms with Crippen LogP contribution in [0.4, 0.5) is 4.79 Å². The van der Waals surface area contributed by atoms with E-state index in [1.165, 1.54) is 4.90 Å². The average molecular weight is 249 g/mol. The fourth-order valence-electron chi connectivity index (χ4n) is 1.22. The fraction of sp³-hybridized carbons (Fsp3) is 0.750. The summed E-state index contributed by atoms with van der Waals surface area (Å²) in [6.45, 7) is 1.11. The van der Waals surface area contributed by atoms with Gasteiger partial charge in [-0.15, -0.1) is 0 Å². The van der Waals surface area contributed by atoms with Crippen LogP contribution in [-0.4, -0.2) is 35.3 Å². The van der Waals surface area contributed by atoms with Gasteiger partial charge in [0.05, 0.1) is 0 Å². The second kappa shape index (κ2) is 5.21. The van der Waals surface area contributed by atoms with Gasteiger partial charge in [0.25, 0.3) is 0 Å². The second-order valence-corrected chi connectivity index (χ2v) is 3.72. The molecule has 0 aromatic heterocycles. The average Bonchev–Trinajstić information content (AvgIpc) is 2.52. The van der Waals surface area contributed by atoms with Crippen LogP contribution in [0.5, 0.6) is 0 Å². The van der Waals surface area contributed by atoms with Gasteiger partial charge in [0.1, 0.15) is 0 Å². The van der Waals surface area contributed by atoms with E-state index in [0.717, 1.165) is 18.2 Å². The summed E-state index contributed by atoms with van der Waals surface area (Å²) in [5.41, 5.74) is 0. The van der Waals surface area contributed by atoms with Crippen LogP contribution in [0.1, 0.15) is 19.3 Å². The molecule has 1 aliphatic rings. The molecule has 3 amide bonds. The number of alkyl halides is 1. The number of unbranched alkanes of at least 4 members (excludes halogenated alkanes) is 1. The zero-order valence-electron chi connectivity index (χ0n) is 7.38. The molecule has 0 radical (unpaired) electrons. The van der Waals surface area contributed by atoms with Crippen molar-refractivity contribution in [1.82, 2.24) is 10.2 Å². The highest BCUT2D eigenvalue weighted by Crippen LogP contribution is 2.05. The summed E-state index contributed by atoms with van der Waals surface area (Å²) in [4.78, 5) is 23.7. The number of carbonyl (C=O) groups excluding carboxylic acids is 2. The van der Waals surface area contributed by atoms with Gasteiger partial charge >= 0.3 is 6.03 Å². The van der Waals surface area contributed by atoms with Gasteiger partial charge in [-0.1, -0.05) is 15.9 Å². The lowest BCUT2D eigenvalue weighted by Crippen LogP contribution is -2.33. The van der Waals surface area contributed by atoms with Crippen molar-refractivity contribution in [3.05, 3.63) is 0 Å². The second-order valence-electron chi connectivity index (χ2n) is 2.92. The van der Waals surface area contributed by atoms with Crippen LogP contribution in [-0.2, 0) is 4.79 Å². The van der Waals surface area contributed by atoms with E-state index in [1.807, 2.05) is 0 Å². The maximum absolute atomic E-state index is 11.4. The minimum atomic E-state index is -0.246. The van der Waals surface area contributed by atoms with Gasteiger partial charge in [-0.2, -0.15) is 0 Å². The highest BCUT2D eigenvalue weighted by molar-refractivity contribution is 9.09. The molecule has 5 heteroatoms. The van der Waals surface area contributed by atoms with Gasteiger partial charge in [-0.3, -0.25) is 9.69 Å². The molecular formula is C8H13BrN2O2. The first kappa shape index (κ1) is 10.5. The van der Waals surface area contributed by atoms with Crippen molar-refractivity contribution < 1.29 is 9.59 Å². The molecule has 0 unspecified atom stereocenters. The molecule has 1 N–H and O–H groups in total. The SMILES string of the molecule is O=C(CCCCBr)N1CCNC1=O. The van der Waals surface area contributed by atoms with Crippen LogP contribution in [0.15, 0.2) is 0 Å². The van der Waals surface area contributed by atoms with E-state index in [0.29, 0.717) is 19.5 Å². The summed E-state index contributed by atoms with van der Waals surface area (Å²) in [6, 6.07) is -0.246. The monoisotopic (exact) mass is 248 g/mol. The van der Waals surface area contributed by atoms with Gasteiger partial charge in [-0.05, 0) is 12.8 Å². The Labute approximate surface area is 85.8 Å². The Bertz CT molecular complexity index is 208. The van der Waals surface area contributed by atoms with Crippen LogP contribution in [0.2, 0.25) is 0 Å². The number of imide groups is 1. The Kier molecular flexibility index (Phi) is 4.21. The molecule has 1 saturated heterocycles. The molecule has 1 heterocycles. The van der Waals surface area contributed by atoms with E-state index in [-0.39, 0.29) is 11.9 Å².